The van der Waals surface area contributed by atoms with Crippen LogP contribution in [0.4, 0.5) is 5.69 Å². The first-order valence-electron chi connectivity index (χ1n) is 7.65. The smallest absolute Gasteiger partial charge is 0.330 e. The summed E-state index contributed by atoms with van der Waals surface area (Å²) in [5.41, 5.74) is 0.127. The van der Waals surface area contributed by atoms with Crippen molar-refractivity contribution in [2.75, 3.05) is 25.0 Å². The third-order valence-electron chi connectivity index (χ3n) is 3.20. The molecule has 1 N–H and O–H groups in total. The highest BCUT2D eigenvalue weighted by Crippen LogP contribution is 2.27. The van der Waals surface area contributed by atoms with Gasteiger partial charge >= 0.3 is 5.97 Å². The molecule has 25 heavy (non-hydrogen) atoms. The summed E-state index contributed by atoms with van der Waals surface area (Å²) in [5.74, 6) is -1.28. The number of amides is 1. The summed E-state index contributed by atoms with van der Waals surface area (Å²) in [6, 6.07) is 4.04. The Labute approximate surface area is 152 Å². The Morgan fingerprint density at radius 2 is 1.92 bits per heavy atom. The summed E-state index contributed by atoms with van der Waals surface area (Å²) < 4.78 is 31.1. The maximum absolute atomic E-state index is 12.5. The lowest BCUT2D eigenvalue weighted by atomic mass is 10.3. The highest BCUT2D eigenvalue weighted by Gasteiger charge is 2.22. The maximum Gasteiger partial charge on any atom is 0.330 e. The Balaban J connectivity index is 2.95. The molecule has 7 nitrogen and oxygen atoms in total. The average Bonchev–Trinajstić information content (AvgIpc) is 2.56. The van der Waals surface area contributed by atoms with Crippen LogP contribution in [0, 0.1) is 0 Å². The minimum absolute atomic E-state index is 0.0156. The zero-order valence-electron chi connectivity index (χ0n) is 14.3. The summed E-state index contributed by atoms with van der Waals surface area (Å²) in [7, 11) is -3.68. The Morgan fingerprint density at radius 1 is 1.28 bits per heavy atom. The number of benzene rings is 1. The number of hydrogen-bond donors (Lipinski definition) is 1. The number of rotatable bonds is 8. The number of sulfonamides is 1. The minimum atomic E-state index is -3.68. The van der Waals surface area contributed by atoms with E-state index in [1.165, 1.54) is 34.7 Å². The van der Waals surface area contributed by atoms with Gasteiger partial charge in [-0.05, 0) is 25.1 Å². The van der Waals surface area contributed by atoms with Crippen LogP contribution in [0.3, 0.4) is 0 Å². The first kappa shape index (κ1) is 21.1. The molecule has 1 aromatic carbocycles. The predicted octanol–water partition coefficient (Wildman–Crippen LogP) is 2.43. The molecule has 9 heteroatoms. The standard InChI is InChI=1S/C16H21ClN2O5S/c1-4-7-16(21)24-11-15(20)18-14-10-12(8-9-13(14)17)25(22,23)19(5-2)6-3/h4,7-10H,5-6,11H2,1-3H3,(H,18,20)/b7-4+. The SMILES string of the molecule is C/C=C/C(=O)OCC(=O)Nc1cc(S(=O)(=O)N(CC)CC)ccc1Cl. The number of hydrogen-bond acceptors (Lipinski definition) is 5. The molecule has 1 rings (SSSR count). The molecule has 0 aliphatic heterocycles. The lowest BCUT2D eigenvalue weighted by Crippen LogP contribution is -2.30. The zero-order valence-corrected chi connectivity index (χ0v) is 15.9. The minimum Gasteiger partial charge on any atom is -0.452 e. The Bertz CT molecular complexity index is 758. The van der Waals surface area contributed by atoms with Crippen molar-refractivity contribution in [1.82, 2.24) is 4.31 Å². The second-order valence-corrected chi connectivity index (χ2v) is 7.23. The van der Waals surface area contributed by atoms with Crippen molar-refractivity contribution in [2.24, 2.45) is 0 Å². The van der Waals surface area contributed by atoms with E-state index in [1.54, 1.807) is 20.8 Å². The summed E-state index contributed by atoms with van der Waals surface area (Å²) in [5, 5.41) is 2.61. The molecule has 0 spiro atoms. The van der Waals surface area contributed by atoms with E-state index >= 15 is 0 Å². The number of carbonyl (C=O) groups excluding carboxylic acids is 2. The average molecular weight is 389 g/mol. The molecule has 0 unspecified atom stereocenters. The van der Waals surface area contributed by atoms with E-state index in [9.17, 15) is 18.0 Å². The molecule has 0 aliphatic rings. The quantitative estimate of drug-likeness (QED) is 0.545. The zero-order chi connectivity index (χ0) is 19.0. The number of carbonyl (C=O) groups is 2. The van der Waals surface area contributed by atoms with Gasteiger partial charge in [-0.15, -0.1) is 0 Å². The fourth-order valence-electron chi connectivity index (χ4n) is 1.98. The number of halogens is 1. The summed E-state index contributed by atoms with van der Waals surface area (Å²) in [6.45, 7) is 5.25. The van der Waals surface area contributed by atoms with Gasteiger partial charge in [0, 0.05) is 19.2 Å². The van der Waals surface area contributed by atoms with E-state index in [0.717, 1.165) is 0 Å². The van der Waals surface area contributed by atoms with Crippen LogP contribution >= 0.6 is 11.6 Å². The highest BCUT2D eigenvalue weighted by molar-refractivity contribution is 7.89. The number of nitrogens with zero attached hydrogens (tertiary/aromatic N) is 1. The van der Waals surface area contributed by atoms with Crippen molar-refractivity contribution >= 4 is 39.2 Å². The second-order valence-electron chi connectivity index (χ2n) is 4.89. The van der Waals surface area contributed by atoms with E-state index in [1.807, 2.05) is 0 Å². The normalized spacial score (nSPS) is 11.7. The van der Waals surface area contributed by atoms with Crippen molar-refractivity contribution < 1.29 is 22.7 Å². The lowest BCUT2D eigenvalue weighted by molar-refractivity contribution is -0.142. The molecule has 1 aromatic rings. The summed E-state index contributed by atoms with van der Waals surface area (Å²) in [6.07, 6.45) is 2.66. The molecular weight excluding hydrogens is 368 g/mol. The molecular formula is C16H21ClN2O5S. The molecule has 0 aromatic heterocycles. The van der Waals surface area contributed by atoms with Crippen LogP contribution in [-0.2, 0) is 24.3 Å². The van der Waals surface area contributed by atoms with Gasteiger partial charge < -0.3 is 10.1 Å². The maximum atomic E-state index is 12.5. The molecule has 0 radical (unpaired) electrons. The number of anilines is 1. The number of nitrogens with one attached hydrogen (secondary N) is 1. The van der Waals surface area contributed by atoms with Crippen LogP contribution in [0.25, 0.3) is 0 Å². The van der Waals surface area contributed by atoms with Crippen LogP contribution in [0.15, 0.2) is 35.2 Å². The van der Waals surface area contributed by atoms with Gasteiger partial charge in [0.05, 0.1) is 15.6 Å². The monoisotopic (exact) mass is 388 g/mol. The predicted molar refractivity (Wildman–Crippen MR) is 96.0 cm³/mol. The van der Waals surface area contributed by atoms with E-state index in [-0.39, 0.29) is 15.6 Å². The molecule has 0 fully saturated rings. The van der Waals surface area contributed by atoms with Crippen molar-refractivity contribution in [1.29, 1.82) is 0 Å². The Hall–Kier alpha value is -1.90. The second kappa shape index (κ2) is 9.55. The van der Waals surface area contributed by atoms with Crippen LogP contribution in [0.5, 0.6) is 0 Å². The van der Waals surface area contributed by atoms with Gasteiger partial charge in [-0.3, -0.25) is 4.79 Å². The van der Waals surface area contributed by atoms with Crippen LogP contribution in [0.2, 0.25) is 5.02 Å². The molecule has 0 saturated carbocycles. The third-order valence-corrected chi connectivity index (χ3v) is 5.58. The number of allylic oxidation sites excluding steroid dienone is 1. The van der Waals surface area contributed by atoms with E-state index in [0.29, 0.717) is 13.1 Å². The largest absolute Gasteiger partial charge is 0.452 e. The van der Waals surface area contributed by atoms with E-state index in [4.69, 9.17) is 16.3 Å². The molecule has 138 valence electrons. The van der Waals surface area contributed by atoms with Gasteiger partial charge in [0.25, 0.3) is 5.91 Å². The first-order valence-corrected chi connectivity index (χ1v) is 9.47. The topological polar surface area (TPSA) is 92.8 Å². The lowest BCUT2D eigenvalue weighted by Gasteiger charge is -2.19. The van der Waals surface area contributed by atoms with Crippen LogP contribution < -0.4 is 5.32 Å². The van der Waals surface area contributed by atoms with Crippen molar-refractivity contribution in [3.63, 3.8) is 0 Å². The highest BCUT2D eigenvalue weighted by atomic mass is 35.5. The Morgan fingerprint density at radius 3 is 2.48 bits per heavy atom. The summed E-state index contributed by atoms with van der Waals surface area (Å²) in [4.78, 5) is 23.1. The van der Waals surface area contributed by atoms with Crippen LogP contribution in [0.1, 0.15) is 20.8 Å². The van der Waals surface area contributed by atoms with Crippen molar-refractivity contribution in [3.05, 3.63) is 35.4 Å². The molecule has 0 saturated heterocycles. The molecule has 0 heterocycles. The molecule has 0 aliphatic carbocycles. The van der Waals surface area contributed by atoms with E-state index < -0.39 is 28.5 Å². The molecule has 0 bridgehead atoms. The van der Waals surface area contributed by atoms with Gasteiger partial charge in [-0.25, -0.2) is 13.2 Å². The van der Waals surface area contributed by atoms with Crippen LogP contribution in [-0.4, -0.2) is 44.3 Å². The van der Waals surface area contributed by atoms with Gasteiger partial charge in [0.2, 0.25) is 10.0 Å². The fourth-order valence-corrected chi connectivity index (χ4v) is 3.63. The van der Waals surface area contributed by atoms with E-state index in [2.05, 4.69) is 5.32 Å². The third kappa shape index (κ3) is 5.84. The fraction of sp³-hybridized carbons (Fsp3) is 0.375. The Kier molecular flexibility index (Phi) is 8.08. The molecule has 1 amide bonds. The van der Waals surface area contributed by atoms with Gasteiger partial charge in [0.15, 0.2) is 6.61 Å². The van der Waals surface area contributed by atoms with Crippen molar-refractivity contribution in [2.45, 2.75) is 25.7 Å². The number of ether oxygens (including phenoxy) is 1. The van der Waals surface area contributed by atoms with Crippen molar-refractivity contribution in [3.8, 4) is 0 Å². The molecule has 0 atom stereocenters. The summed E-state index contributed by atoms with van der Waals surface area (Å²) >= 11 is 6.01. The first-order chi connectivity index (χ1) is 11.8. The van der Waals surface area contributed by atoms with Gasteiger partial charge in [0.1, 0.15) is 0 Å². The van der Waals surface area contributed by atoms with Gasteiger partial charge in [-0.1, -0.05) is 31.5 Å². The number of esters is 1. The van der Waals surface area contributed by atoms with Gasteiger partial charge in [-0.2, -0.15) is 4.31 Å².